The van der Waals surface area contributed by atoms with Crippen LogP contribution in [0.15, 0.2) is 254 Å². The number of allylic oxidation sites excluding steroid dienone is 16. The van der Waals surface area contributed by atoms with Crippen LogP contribution in [0, 0.1) is 23.7 Å². The summed E-state index contributed by atoms with van der Waals surface area (Å²) in [4.78, 5) is 0. The minimum atomic E-state index is -0.233. The molecule has 0 aliphatic heterocycles. The topological polar surface area (TPSA) is 14.8 Å². The lowest BCUT2D eigenvalue weighted by atomic mass is 9.55. The van der Waals surface area contributed by atoms with Crippen LogP contribution >= 0.6 is 0 Å². The van der Waals surface area contributed by atoms with Crippen molar-refractivity contribution >= 4 is 71.7 Å². The van der Waals surface area contributed by atoms with Gasteiger partial charge in [0.2, 0.25) is 0 Å². The molecule has 7 aliphatic carbocycles. The second kappa shape index (κ2) is 18.5. The summed E-state index contributed by atoms with van der Waals surface area (Å²) in [5.41, 5.74) is 21.1. The first kappa shape index (κ1) is 46.6. The van der Waals surface area contributed by atoms with E-state index in [9.17, 15) is 0 Å². The average Bonchev–Trinajstić information content (AvgIpc) is 3.92. The molecule has 6 atom stereocenters. The summed E-state index contributed by atoms with van der Waals surface area (Å²) in [7, 11) is 2.24. The lowest BCUT2D eigenvalue weighted by molar-refractivity contribution is 0.289. The largest absolute Gasteiger partial charge is 0.344 e. The average molecular weight is 1010 g/mol. The predicted molar refractivity (Wildman–Crippen MR) is 330 cm³/mol. The van der Waals surface area contributed by atoms with Crippen molar-refractivity contribution in [3.63, 3.8) is 0 Å². The van der Waals surface area contributed by atoms with E-state index in [4.69, 9.17) is 0 Å². The number of fused-ring (bicyclic) bond motifs is 10. The van der Waals surface area contributed by atoms with Gasteiger partial charge in [-0.1, -0.05) is 164 Å². The molecule has 10 aromatic rings. The Morgan fingerprint density at radius 1 is 0.513 bits per heavy atom. The highest BCUT2D eigenvalue weighted by molar-refractivity contribution is 6.11. The summed E-state index contributed by atoms with van der Waals surface area (Å²) in [6.07, 6.45) is 37.3. The maximum absolute atomic E-state index is 3.36. The molecular weight excluding hydrogens is 943 g/mol. The number of benzene rings is 7. The zero-order chi connectivity index (χ0) is 52.1. The van der Waals surface area contributed by atoms with Crippen LogP contribution in [0.5, 0.6) is 0 Å². The van der Waals surface area contributed by atoms with Crippen molar-refractivity contribution in [1.82, 2.24) is 13.7 Å². The van der Waals surface area contributed by atoms with Crippen LogP contribution in [0.3, 0.4) is 0 Å². The summed E-state index contributed by atoms with van der Waals surface area (Å²) < 4.78 is 7.32. The Morgan fingerprint density at radius 3 is 1.87 bits per heavy atom. The normalized spacial score (nSPS) is 22.8. The number of para-hydroxylation sites is 4. The van der Waals surface area contributed by atoms with Crippen molar-refractivity contribution < 1.29 is 0 Å². The highest BCUT2D eigenvalue weighted by Crippen LogP contribution is 2.60. The van der Waals surface area contributed by atoms with E-state index >= 15 is 0 Å². The molecule has 7 aromatic carbocycles. The van der Waals surface area contributed by atoms with Crippen molar-refractivity contribution in [3.05, 3.63) is 282 Å². The second-order valence-electron chi connectivity index (χ2n) is 22.7. The van der Waals surface area contributed by atoms with Crippen molar-refractivity contribution in [1.29, 1.82) is 0 Å². The third kappa shape index (κ3) is 7.17. The summed E-state index contributed by atoms with van der Waals surface area (Å²) >= 11 is 0. The zero-order valence-electron chi connectivity index (χ0n) is 44.6. The predicted octanol–water partition coefficient (Wildman–Crippen LogP) is 19.1. The molecule has 78 heavy (non-hydrogen) atoms. The summed E-state index contributed by atoms with van der Waals surface area (Å²) in [6, 6.07) is 61.3. The van der Waals surface area contributed by atoms with Gasteiger partial charge in [0.05, 0.1) is 22.2 Å². The molecule has 3 heteroatoms. The Labute approximate surface area is 457 Å². The highest BCUT2D eigenvalue weighted by Gasteiger charge is 2.51. The van der Waals surface area contributed by atoms with Gasteiger partial charge in [-0.05, 0) is 175 Å². The SMILES string of the molecule is C=CC.Cn1c2ccc(C3=C4CC(C=C3)C3C=CC(CC3)[C@]43C=Cc4c3c3ccccc3n4-c3ccccc3)cc2c2cc(C3C=CC(C4C=CC(c5ccc6c(c5)c5ccccc5n6-c5ccccc5)=CC4)=CC3)ccc21. The van der Waals surface area contributed by atoms with Crippen molar-refractivity contribution in [2.45, 2.75) is 50.4 Å². The first-order valence-electron chi connectivity index (χ1n) is 28.4. The molecule has 7 aliphatic rings. The molecule has 3 aromatic heterocycles. The zero-order valence-corrected chi connectivity index (χ0v) is 44.6. The Balaban J connectivity index is 0.00000173. The number of hydrogen-bond donors (Lipinski definition) is 0. The van der Waals surface area contributed by atoms with Crippen LogP contribution in [-0.4, -0.2) is 13.7 Å². The molecule has 0 saturated heterocycles. The lowest BCUT2D eigenvalue weighted by Crippen LogP contribution is -2.40. The fourth-order valence-electron chi connectivity index (χ4n) is 14.9. The number of aromatic nitrogens is 3. The Morgan fingerprint density at radius 2 is 1.14 bits per heavy atom. The monoisotopic (exact) mass is 1010 g/mol. The summed E-state index contributed by atoms with van der Waals surface area (Å²) in [6.45, 7) is 5.25. The third-order valence-corrected chi connectivity index (χ3v) is 18.6. The Kier molecular flexibility index (Phi) is 11.1. The van der Waals surface area contributed by atoms with E-state index in [0.717, 1.165) is 19.3 Å². The third-order valence-electron chi connectivity index (χ3n) is 18.6. The van der Waals surface area contributed by atoms with E-state index in [1.54, 1.807) is 11.6 Å². The van der Waals surface area contributed by atoms with Gasteiger partial charge in [-0.15, -0.1) is 6.58 Å². The van der Waals surface area contributed by atoms with Crippen molar-refractivity contribution in [2.24, 2.45) is 30.7 Å². The van der Waals surface area contributed by atoms with Gasteiger partial charge < -0.3 is 13.7 Å². The van der Waals surface area contributed by atoms with E-state index in [-0.39, 0.29) is 5.41 Å². The summed E-state index contributed by atoms with van der Waals surface area (Å²) in [5, 5.41) is 6.65. The van der Waals surface area contributed by atoms with Gasteiger partial charge in [-0.25, -0.2) is 0 Å². The molecule has 17 rings (SSSR count). The minimum Gasteiger partial charge on any atom is -0.344 e. The Hall–Kier alpha value is -8.66. The van der Waals surface area contributed by atoms with Crippen molar-refractivity contribution in [3.8, 4) is 11.4 Å². The smallest absolute Gasteiger partial charge is 0.0541 e. The van der Waals surface area contributed by atoms with E-state index in [0.29, 0.717) is 29.6 Å². The van der Waals surface area contributed by atoms with E-state index in [1.165, 1.54) is 123 Å². The number of nitrogens with zero attached hydrogens (tertiary/aromatic N) is 3. The van der Waals surface area contributed by atoms with Gasteiger partial charge in [0.15, 0.2) is 0 Å². The van der Waals surface area contributed by atoms with E-state index in [2.05, 4.69) is 264 Å². The molecule has 1 spiro atoms. The van der Waals surface area contributed by atoms with Crippen LogP contribution in [0.25, 0.3) is 83.1 Å². The maximum atomic E-state index is 3.36. The van der Waals surface area contributed by atoms with E-state index < -0.39 is 0 Å². The molecule has 0 amide bonds. The molecule has 0 N–H and O–H groups in total. The molecule has 1 fully saturated rings. The van der Waals surface area contributed by atoms with Crippen LogP contribution < -0.4 is 0 Å². The van der Waals surface area contributed by atoms with Gasteiger partial charge in [0, 0.05) is 79.2 Å². The molecule has 5 unspecified atom stereocenters. The second-order valence-corrected chi connectivity index (χ2v) is 22.7. The molecule has 1 saturated carbocycles. The maximum Gasteiger partial charge on any atom is 0.0541 e. The van der Waals surface area contributed by atoms with Gasteiger partial charge in [0.25, 0.3) is 0 Å². The molecule has 3 heterocycles. The fraction of sp³-hybridized carbons (Fsp3) is 0.173. The highest BCUT2D eigenvalue weighted by atomic mass is 15.0. The molecule has 4 bridgehead atoms. The lowest BCUT2D eigenvalue weighted by Gasteiger charge is -2.47. The number of aryl methyl sites for hydroxylation is 1. The molecular formula is C75H63N3. The van der Waals surface area contributed by atoms with Gasteiger partial charge in [-0.3, -0.25) is 0 Å². The van der Waals surface area contributed by atoms with Crippen LogP contribution in [0.2, 0.25) is 0 Å². The van der Waals surface area contributed by atoms with Crippen LogP contribution in [0.1, 0.15) is 72.9 Å². The first-order chi connectivity index (χ1) is 38.5. The minimum absolute atomic E-state index is 0.233. The number of rotatable bonds is 6. The summed E-state index contributed by atoms with van der Waals surface area (Å²) in [5.74, 6) is 2.21. The van der Waals surface area contributed by atoms with Crippen molar-refractivity contribution in [2.75, 3.05) is 0 Å². The van der Waals surface area contributed by atoms with Gasteiger partial charge in [-0.2, -0.15) is 0 Å². The van der Waals surface area contributed by atoms with Gasteiger partial charge in [0.1, 0.15) is 0 Å². The van der Waals surface area contributed by atoms with Crippen LogP contribution in [0.4, 0.5) is 0 Å². The molecule has 0 radical (unpaired) electrons. The fourth-order valence-corrected chi connectivity index (χ4v) is 14.9. The first-order valence-corrected chi connectivity index (χ1v) is 28.4. The Bertz CT molecular complexity index is 4360. The standard InChI is InChI=1S/C72H57N3.C3H6/c1-73-65-37-31-51(48-24-20-46(21-25-48)47-22-26-49(27-23-47)52-32-39-69-61(42-52)59-16-8-10-18-67(59)74(69)56-12-4-2-5-13-56)43-62(65)63-44-54(33-38-66(63)73)58-36-30-53-45-64(58)72(55-34-28-50(53)29-35-55)41-40-70-71(72)60-17-9-11-19-68(60)75(70)57-14-6-3-7-15-57;1-3-2/h2-22,24,26-28,30-34,36-44,47-48,50,53,55H,23,25,29,35,45H2,1H3;3H,1H2,2H3/t47?,48?,50?,53?,55?,72-;/m1./s1. The molecule has 3 nitrogen and oxygen atoms in total. The van der Waals surface area contributed by atoms with Crippen LogP contribution in [-0.2, 0) is 12.5 Å². The number of hydrogen-bond acceptors (Lipinski definition) is 0. The quantitative estimate of drug-likeness (QED) is 0.148. The van der Waals surface area contributed by atoms with E-state index in [1.807, 2.05) is 6.92 Å². The molecule has 378 valence electrons. The van der Waals surface area contributed by atoms with Gasteiger partial charge >= 0.3 is 0 Å².